The molecule has 1 N–H and O–H groups in total. The Kier molecular flexibility index (Phi) is 7.12. The van der Waals surface area contributed by atoms with Crippen molar-refractivity contribution in [2.75, 3.05) is 5.32 Å². The number of nitrogens with one attached hydrogen (secondary N) is 1. The van der Waals surface area contributed by atoms with Crippen LogP contribution in [0.15, 0.2) is 66.2 Å². The number of carbonyl (C=O) groups excluding carboxylic acids is 1. The largest absolute Gasteiger partial charge is 0.488 e. The fourth-order valence-corrected chi connectivity index (χ4v) is 3.48. The molecule has 0 aliphatic heterocycles. The predicted molar refractivity (Wildman–Crippen MR) is 125 cm³/mol. The Morgan fingerprint density at radius 3 is 2.45 bits per heavy atom. The van der Waals surface area contributed by atoms with Gasteiger partial charge < -0.3 is 10.1 Å². The molecule has 0 fully saturated rings. The van der Waals surface area contributed by atoms with E-state index in [4.69, 9.17) is 16.3 Å². The fraction of sp³-hybridized carbons (Fsp3) is 0.154. The van der Waals surface area contributed by atoms with E-state index in [0.717, 1.165) is 22.3 Å². The van der Waals surface area contributed by atoms with Crippen LogP contribution >= 0.6 is 11.6 Å². The van der Waals surface area contributed by atoms with Crippen LogP contribution in [0.1, 0.15) is 27.8 Å². The van der Waals surface area contributed by atoms with Crippen LogP contribution < -0.4 is 10.1 Å². The molecule has 4 nitrogen and oxygen atoms in total. The van der Waals surface area contributed by atoms with Crippen molar-refractivity contribution in [1.29, 1.82) is 5.26 Å². The van der Waals surface area contributed by atoms with Crippen molar-refractivity contribution in [3.8, 4) is 11.8 Å². The van der Waals surface area contributed by atoms with Gasteiger partial charge in [-0.2, -0.15) is 5.26 Å². The number of carbonyl (C=O) groups is 1. The fourth-order valence-electron chi connectivity index (χ4n) is 3.30. The number of rotatable bonds is 6. The minimum atomic E-state index is -0.492. The van der Waals surface area contributed by atoms with Crippen molar-refractivity contribution >= 4 is 29.3 Å². The number of hydrogen-bond donors (Lipinski definition) is 1. The van der Waals surface area contributed by atoms with Gasteiger partial charge >= 0.3 is 0 Å². The molecule has 3 rings (SSSR count). The summed E-state index contributed by atoms with van der Waals surface area (Å²) in [6.45, 7) is 6.38. The van der Waals surface area contributed by atoms with E-state index in [2.05, 4.69) is 23.5 Å². The summed E-state index contributed by atoms with van der Waals surface area (Å²) in [6.07, 6.45) is 1.49. The van der Waals surface area contributed by atoms with E-state index in [1.807, 2.05) is 45.0 Å². The third kappa shape index (κ3) is 6.21. The number of nitriles is 1. The molecular weight excluding hydrogens is 408 g/mol. The number of nitrogens with zero attached hydrogens (tertiary/aromatic N) is 1. The van der Waals surface area contributed by atoms with Crippen molar-refractivity contribution < 1.29 is 9.53 Å². The predicted octanol–water partition coefficient (Wildman–Crippen LogP) is 6.39. The molecular formula is C26H23ClN2O2. The van der Waals surface area contributed by atoms with E-state index >= 15 is 0 Å². The van der Waals surface area contributed by atoms with Crippen LogP contribution in [0.25, 0.3) is 6.08 Å². The number of benzene rings is 3. The van der Waals surface area contributed by atoms with Crippen molar-refractivity contribution in [3.63, 3.8) is 0 Å². The first-order chi connectivity index (χ1) is 14.8. The molecule has 0 atom stereocenters. The van der Waals surface area contributed by atoms with Gasteiger partial charge in [0.15, 0.2) is 0 Å². The van der Waals surface area contributed by atoms with E-state index in [-0.39, 0.29) is 5.57 Å². The zero-order valence-electron chi connectivity index (χ0n) is 17.7. The number of ether oxygens (including phenoxy) is 1. The Hall–Kier alpha value is -3.55. The van der Waals surface area contributed by atoms with Crippen molar-refractivity contribution in [2.24, 2.45) is 0 Å². The summed E-state index contributed by atoms with van der Waals surface area (Å²) in [5, 5.41) is 12.8. The topological polar surface area (TPSA) is 62.1 Å². The van der Waals surface area contributed by atoms with Crippen LogP contribution in [0, 0.1) is 32.1 Å². The van der Waals surface area contributed by atoms with Gasteiger partial charge in [-0.3, -0.25) is 4.79 Å². The molecule has 3 aromatic rings. The van der Waals surface area contributed by atoms with Gasteiger partial charge in [-0.05, 0) is 68.3 Å². The maximum Gasteiger partial charge on any atom is 0.266 e. The average Bonchev–Trinajstić information content (AvgIpc) is 2.70. The lowest BCUT2D eigenvalue weighted by Gasteiger charge is -2.12. The lowest BCUT2D eigenvalue weighted by atomic mass is 10.1. The van der Waals surface area contributed by atoms with Crippen LogP contribution in [0.2, 0.25) is 5.02 Å². The normalized spacial score (nSPS) is 11.0. The summed E-state index contributed by atoms with van der Waals surface area (Å²) < 4.78 is 6.00. The Morgan fingerprint density at radius 2 is 1.77 bits per heavy atom. The van der Waals surface area contributed by atoms with Gasteiger partial charge in [0.2, 0.25) is 0 Å². The number of aryl methyl sites for hydroxylation is 3. The second-order valence-electron chi connectivity index (χ2n) is 7.46. The van der Waals surface area contributed by atoms with E-state index in [9.17, 15) is 10.1 Å². The van der Waals surface area contributed by atoms with Gasteiger partial charge in [0.1, 0.15) is 24.0 Å². The molecule has 0 aliphatic rings. The third-order valence-electron chi connectivity index (χ3n) is 4.59. The van der Waals surface area contributed by atoms with Gasteiger partial charge in [-0.1, -0.05) is 53.1 Å². The van der Waals surface area contributed by atoms with E-state index in [0.29, 0.717) is 28.6 Å². The van der Waals surface area contributed by atoms with Gasteiger partial charge in [0.05, 0.1) is 0 Å². The molecule has 0 bridgehead atoms. The molecule has 0 spiro atoms. The van der Waals surface area contributed by atoms with Crippen molar-refractivity contribution in [1.82, 2.24) is 0 Å². The molecule has 3 aromatic carbocycles. The summed E-state index contributed by atoms with van der Waals surface area (Å²) in [6, 6.07) is 20.7. The smallest absolute Gasteiger partial charge is 0.266 e. The SMILES string of the molecule is Cc1cc(C)cc(COc2ccc(Cl)cc2/C=C(\C#N)C(=O)Nc2cccc(C)c2)c1. The molecule has 156 valence electrons. The van der Waals surface area contributed by atoms with Crippen LogP contribution in [0.4, 0.5) is 5.69 Å². The van der Waals surface area contributed by atoms with Crippen molar-refractivity contribution in [2.45, 2.75) is 27.4 Å². The lowest BCUT2D eigenvalue weighted by Crippen LogP contribution is -2.13. The summed E-state index contributed by atoms with van der Waals surface area (Å²) >= 11 is 6.16. The summed E-state index contributed by atoms with van der Waals surface area (Å²) in [5.41, 5.74) is 5.53. The standard InChI is InChI=1S/C26H23ClN2O2/c1-17-5-4-6-24(12-17)29-26(30)22(15-28)13-21-14-23(27)7-8-25(21)31-16-20-10-18(2)9-19(3)11-20/h4-14H,16H2,1-3H3,(H,29,30)/b22-13+. The number of anilines is 1. The first-order valence-electron chi connectivity index (χ1n) is 9.83. The van der Waals surface area contributed by atoms with E-state index in [1.165, 1.54) is 6.08 Å². The minimum Gasteiger partial charge on any atom is -0.488 e. The first kappa shape index (κ1) is 22.1. The highest BCUT2D eigenvalue weighted by Gasteiger charge is 2.12. The van der Waals surface area contributed by atoms with Gasteiger partial charge in [-0.15, -0.1) is 0 Å². The molecule has 0 aromatic heterocycles. The monoisotopic (exact) mass is 430 g/mol. The molecule has 5 heteroatoms. The molecule has 31 heavy (non-hydrogen) atoms. The highest BCUT2D eigenvalue weighted by atomic mass is 35.5. The zero-order chi connectivity index (χ0) is 22.4. The molecule has 0 heterocycles. The molecule has 0 radical (unpaired) electrons. The second-order valence-corrected chi connectivity index (χ2v) is 7.90. The van der Waals surface area contributed by atoms with Crippen molar-refractivity contribution in [3.05, 3.63) is 99.1 Å². The van der Waals surface area contributed by atoms with Crippen LogP contribution in [0.5, 0.6) is 5.75 Å². The Bertz CT molecular complexity index is 1170. The highest BCUT2D eigenvalue weighted by Crippen LogP contribution is 2.27. The van der Waals surface area contributed by atoms with E-state index < -0.39 is 5.91 Å². The van der Waals surface area contributed by atoms with Gasteiger partial charge in [0.25, 0.3) is 5.91 Å². The van der Waals surface area contributed by atoms with Crippen LogP contribution in [-0.4, -0.2) is 5.91 Å². The first-order valence-corrected chi connectivity index (χ1v) is 10.2. The number of amides is 1. The maximum atomic E-state index is 12.6. The Morgan fingerprint density at radius 1 is 1.03 bits per heavy atom. The summed E-state index contributed by atoms with van der Waals surface area (Å²) in [5.74, 6) is 0.0491. The highest BCUT2D eigenvalue weighted by molar-refractivity contribution is 6.30. The molecule has 1 amide bonds. The maximum absolute atomic E-state index is 12.6. The minimum absolute atomic E-state index is 0.0416. The van der Waals surface area contributed by atoms with Gasteiger partial charge in [0, 0.05) is 16.3 Å². The molecule has 0 saturated carbocycles. The quantitative estimate of drug-likeness (QED) is 0.364. The second kappa shape index (κ2) is 9.97. The van der Waals surface area contributed by atoms with Gasteiger partial charge in [-0.25, -0.2) is 0 Å². The zero-order valence-corrected chi connectivity index (χ0v) is 18.5. The number of hydrogen-bond acceptors (Lipinski definition) is 3. The van der Waals surface area contributed by atoms with Crippen LogP contribution in [-0.2, 0) is 11.4 Å². The average molecular weight is 431 g/mol. The molecule has 0 unspecified atom stereocenters. The summed E-state index contributed by atoms with van der Waals surface area (Å²) in [7, 11) is 0. The summed E-state index contributed by atoms with van der Waals surface area (Å²) in [4.78, 5) is 12.6. The molecule has 0 aliphatic carbocycles. The van der Waals surface area contributed by atoms with Crippen LogP contribution in [0.3, 0.4) is 0 Å². The number of halogens is 1. The third-order valence-corrected chi connectivity index (χ3v) is 4.82. The van der Waals surface area contributed by atoms with E-state index in [1.54, 1.807) is 24.3 Å². The Labute approximate surface area is 187 Å². The molecule has 0 saturated heterocycles. The lowest BCUT2D eigenvalue weighted by molar-refractivity contribution is -0.112. The Balaban J connectivity index is 1.84.